The molecule has 0 bridgehead atoms. The Morgan fingerprint density at radius 1 is 1.47 bits per heavy atom. The molecule has 0 radical (unpaired) electrons. The first-order valence-corrected chi connectivity index (χ1v) is 7.20. The van der Waals surface area contributed by atoms with Gasteiger partial charge in [0.05, 0.1) is 17.0 Å². The normalized spacial score (nSPS) is 15.7. The van der Waals surface area contributed by atoms with Gasteiger partial charge in [0.15, 0.2) is 0 Å². The van der Waals surface area contributed by atoms with Crippen LogP contribution in [-0.2, 0) is 0 Å². The van der Waals surface area contributed by atoms with E-state index in [4.69, 9.17) is 5.26 Å². The van der Waals surface area contributed by atoms with Crippen molar-refractivity contribution >= 4 is 17.4 Å². The maximum atomic E-state index is 10.5. The summed E-state index contributed by atoms with van der Waals surface area (Å²) in [6.45, 7) is 0. The summed E-state index contributed by atoms with van der Waals surface area (Å²) < 4.78 is 0. The molecule has 1 fully saturated rings. The van der Waals surface area contributed by atoms with Crippen molar-refractivity contribution in [3.63, 3.8) is 0 Å². The van der Waals surface area contributed by atoms with Gasteiger partial charge >= 0.3 is 0 Å². The van der Waals surface area contributed by atoms with Gasteiger partial charge in [-0.15, -0.1) is 11.8 Å². The summed E-state index contributed by atoms with van der Waals surface area (Å²) in [5, 5.41) is 22.8. The van der Waals surface area contributed by atoms with Crippen LogP contribution in [0, 0.1) is 21.4 Å². The molecule has 6 heteroatoms. The molecular weight excluding hydrogens is 262 g/mol. The Bertz CT molecular complexity index is 480. The number of nitriles is 1. The molecule has 19 heavy (non-hydrogen) atoms. The van der Waals surface area contributed by atoms with Crippen molar-refractivity contribution in [3.8, 4) is 6.07 Å². The smallest absolute Gasteiger partial charge is 0.269 e. The highest BCUT2D eigenvalue weighted by Gasteiger charge is 2.24. The van der Waals surface area contributed by atoms with Gasteiger partial charge in [0.1, 0.15) is 0 Å². The van der Waals surface area contributed by atoms with Crippen LogP contribution in [0.5, 0.6) is 0 Å². The molecule has 1 aliphatic rings. The molecule has 0 aliphatic heterocycles. The third-order valence-corrected chi connectivity index (χ3v) is 3.94. The largest absolute Gasteiger partial charge is 0.299 e. The number of hydrogen-bond donors (Lipinski definition) is 1. The molecule has 0 amide bonds. The fourth-order valence-electron chi connectivity index (χ4n) is 1.68. The van der Waals surface area contributed by atoms with E-state index in [0.717, 1.165) is 17.1 Å². The summed E-state index contributed by atoms with van der Waals surface area (Å²) in [6.07, 6.45) is 3.13. The molecule has 0 heterocycles. The van der Waals surface area contributed by atoms with Crippen LogP contribution in [0.3, 0.4) is 0 Å². The van der Waals surface area contributed by atoms with Gasteiger partial charge < -0.3 is 0 Å². The molecule has 1 aromatic carbocycles. The average molecular weight is 277 g/mol. The van der Waals surface area contributed by atoms with Crippen molar-refractivity contribution in [2.75, 3.05) is 5.75 Å². The number of nitro groups is 1. The van der Waals surface area contributed by atoms with Crippen LogP contribution in [0.1, 0.15) is 19.3 Å². The first-order chi connectivity index (χ1) is 9.19. The van der Waals surface area contributed by atoms with Gasteiger partial charge in [-0.1, -0.05) is 0 Å². The van der Waals surface area contributed by atoms with Crippen molar-refractivity contribution in [1.29, 1.82) is 5.26 Å². The number of benzene rings is 1. The second-order valence-corrected chi connectivity index (χ2v) is 5.68. The highest BCUT2D eigenvalue weighted by atomic mass is 32.2. The molecular formula is C13H15N3O2S. The van der Waals surface area contributed by atoms with Crippen LogP contribution in [0.15, 0.2) is 29.2 Å². The fourth-order valence-corrected chi connectivity index (χ4v) is 2.60. The van der Waals surface area contributed by atoms with E-state index in [1.165, 1.54) is 25.0 Å². The van der Waals surface area contributed by atoms with Crippen molar-refractivity contribution in [2.24, 2.45) is 0 Å². The lowest BCUT2D eigenvalue weighted by atomic mass is 10.2. The predicted molar refractivity (Wildman–Crippen MR) is 74.0 cm³/mol. The highest BCUT2D eigenvalue weighted by molar-refractivity contribution is 7.99. The lowest BCUT2D eigenvalue weighted by Gasteiger charge is -2.09. The number of nitro benzene ring substituents is 1. The molecule has 0 aromatic heterocycles. The Balaban J connectivity index is 1.75. The number of nitrogens with zero attached hydrogens (tertiary/aromatic N) is 2. The maximum absolute atomic E-state index is 10.5. The SMILES string of the molecule is N#CC(CCSc1ccc([N+](=O)[O-])cc1)NC1CC1. The van der Waals surface area contributed by atoms with Crippen LogP contribution >= 0.6 is 11.8 Å². The third-order valence-electron chi connectivity index (χ3n) is 2.89. The molecule has 1 N–H and O–H groups in total. The first kappa shape index (κ1) is 13.8. The lowest BCUT2D eigenvalue weighted by molar-refractivity contribution is -0.384. The molecule has 100 valence electrons. The Kier molecular flexibility index (Phi) is 4.77. The van der Waals surface area contributed by atoms with Gasteiger partial charge in [0.2, 0.25) is 0 Å². The second kappa shape index (κ2) is 6.55. The quantitative estimate of drug-likeness (QED) is 0.471. The topological polar surface area (TPSA) is 79.0 Å². The van der Waals surface area contributed by atoms with E-state index in [1.54, 1.807) is 23.9 Å². The molecule has 1 aliphatic carbocycles. The van der Waals surface area contributed by atoms with E-state index in [0.29, 0.717) is 6.04 Å². The molecule has 0 spiro atoms. The van der Waals surface area contributed by atoms with E-state index < -0.39 is 4.92 Å². The summed E-state index contributed by atoms with van der Waals surface area (Å²) in [6, 6.07) is 9.23. The van der Waals surface area contributed by atoms with Crippen molar-refractivity contribution in [2.45, 2.75) is 36.2 Å². The number of rotatable bonds is 7. The van der Waals surface area contributed by atoms with Gasteiger partial charge in [0, 0.05) is 28.8 Å². The second-order valence-electron chi connectivity index (χ2n) is 4.51. The van der Waals surface area contributed by atoms with Gasteiger partial charge in [-0.2, -0.15) is 5.26 Å². The van der Waals surface area contributed by atoms with Crippen LogP contribution in [-0.4, -0.2) is 22.8 Å². The van der Waals surface area contributed by atoms with E-state index in [1.807, 2.05) is 0 Å². The van der Waals surface area contributed by atoms with Crippen molar-refractivity contribution in [1.82, 2.24) is 5.32 Å². The van der Waals surface area contributed by atoms with Gasteiger partial charge in [-0.05, 0) is 31.4 Å². The molecule has 5 nitrogen and oxygen atoms in total. The molecule has 1 aromatic rings. The predicted octanol–water partition coefficient (Wildman–Crippen LogP) is 2.72. The Hall–Kier alpha value is -1.58. The van der Waals surface area contributed by atoms with Crippen LogP contribution in [0.25, 0.3) is 0 Å². The highest BCUT2D eigenvalue weighted by Crippen LogP contribution is 2.23. The van der Waals surface area contributed by atoms with Gasteiger partial charge in [-0.25, -0.2) is 0 Å². The molecule has 1 saturated carbocycles. The van der Waals surface area contributed by atoms with E-state index >= 15 is 0 Å². The Labute approximate surface area is 116 Å². The van der Waals surface area contributed by atoms with Crippen LogP contribution < -0.4 is 5.32 Å². The zero-order valence-electron chi connectivity index (χ0n) is 10.4. The molecule has 2 rings (SSSR count). The van der Waals surface area contributed by atoms with Crippen LogP contribution in [0.4, 0.5) is 5.69 Å². The first-order valence-electron chi connectivity index (χ1n) is 6.22. The van der Waals surface area contributed by atoms with E-state index in [2.05, 4.69) is 11.4 Å². The number of nitrogens with one attached hydrogen (secondary N) is 1. The summed E-state index contributed by atoms with van der Waals surface area (Å²) in [4.78, 5) is 11.1. The summed E-state index contributed by atoms with van der Waals surface area (Å²) in [5.74, 6) is 0.829. The minimum atomic E-state index is -0.403. The van der Waals surface area contributed by atoms with Crippen molar-refractivity contribution in [3.05, 3.63) is 34.4 Å². The van der Waals surface area contributed by atoms with Gasteiger partial charge in [-0.3, -0.25) is 15.4 Å². The zero-order chi connectivity index (χ0) is 13.7. The Morgan fingerprint density at radius 2 is 2.16 bits per heavy atom. The lowest BCUT2D eigenvalue weighted by Crippen LogP contribution is -2.29. The minimum Gasteiger partial charge on any atom is -0.299 e. The molecule has 1 unspecified atom stereocenters. The number of non-ortho nitro benzene ring substituents is 1. The number of hydrogen-bond acceptors (Lipinski definition) is 5. The minimum absolute atomic E-state index is 0.0851. The zero-order valence-corrected chi connectivity index (χ0v) is 11.2. The van der Waals surface area contributed by atoms with Crippen molar-refractivity contribution < 1.29 is 4.92 Å². The molecule has 1 atom stereocenters. The Morgan fingerprint density at radius 3 is 2.68 bits per heavy atom. The fraction of sp³-hybridized carbons (Fsp3) is 0.462. The summed E-state index contributed by atoms with van der Waals surface area (Å²) in [5.41, 5.74) is 0.106. The van der Waals surface area contributed by atoms with Gasteiger partial charge in [0.25, 0.3) is 5.69 Å². The average Bonchev–Trinajstić information content (AvgIpc) is 3.22. The molecule has 0 saturated heterocycles. The van der Waals surface area contributed by atoms with Crippen LogP contribution in [0.2, 0.25) is 0 Å². The van der Waals surface area contributed by atoms with E-state index in [9.17, 15) is 10.1 Å². The monoisotopic (exact) mass is 277 g/mol. The number of thioether (sulfide) groups is 1. The summed E-state index contributed by atoms with van der Waals surface area (Å²) >= 11 is 1.62. The third kappa shape index (κ3) is 4.54. The maximum Gasteiger partial charge on any atom is 0.269 e. The van der Waals surface area contributed by atoms with E-state index in [-0.39, 0.29) is 11.7 Å². The summed E-state index contributed by atoms with van der Waals surface area (Å²) in [7, 11) is 0. The standard InChI is InChI=1S/C13H15N3O2S/c14-9-11(15-10-1-2-10)7-8-19-13-5-3-12(4-6-13)16(17)18/h3-6,10-11,15H,1-2,7-8H2.